The Balaban J connectivity index is 0. The van der Waals surface area contributed by atoms with Crippen molar-refractivity contribution in [3.8, 4) is 5.40 Å². The van der Waals surface area contributed by atoms with Crippen molar-refractivity contribution in [2.24, 2.45) is 0 Å². The standard InChI is InChI=1S/C2H3NS2.BF4/c1-4-5-2-3;2-1(3,4)5/h1H3;/q;-1/p+1. The monoisotopic (exact) mass is 193 g/mol. The molecule has 0 saturated carbocycles. The van der Waals surface area contributed by atoms with Crippen LogP contribution in [0.3, 0.4) is 0 Å². The molecule has 0 aliphatic carbocycles. The fourth-order valence-corrected chi connectivity index (χ4v) is 0.367. The number of thiocyanates is 1. The minimum Gasteiger partial charge on any atom is -0.418 e. The highest BCUT2D eigenvalue weighted by Gasteiger charge is 2.20. The maximum Gasteiger partial charge on any atom is 0.673 e. The summed E-state index contributed by atoms with van der Waals surface area (Å²) in [6.07, 6.45) is 1.92. The molecule has 8 heteroatoms. The van der Waals surface area contributed by atoms with Crippen LogP contribution in [0.5, 0.6) is 0 Å². The summed E-state index contributed by atoms with van der Waals surface area (Å²) in [7, 11) is -3.67. The van der Waals surface area contributed by atoms with Crippen LogP contribution < -0.4 is 0 Å². The summed E-state index contributed by atoms with van der Waals surface area (Å²) in [4.78, 5) is 0. The predicted molar refractivity (Wildman–Crippen MR) is 38.1 cm³/mol. The highest BCUT2D eigenvalue weighted by Crippen LogP contribution is 2.06. The zero-order valence-electron chi connectivity index (χ0n) is 4.89. The van der Waals surface area contributed by atoms with Crippen LogP contribution in [0.4, 0.5) is 17.3 Å². The fourth-order valence-electron chi connectivity index (χ4n) is 0.0408. The van der Waals surface area contributed by atoms with E-state index >= 15 is 0 Å². The second-order valence-electron chi connectivity index (χ2n) is 0.860. The van der Waals surface area contributed by atoms with E-state index in [0.717, 1.165) is 10.8 Å². The summed E-state index contributed by atoms with van der Waals surface area (Å²) in [6.45, 7) is 0. The zero-order valence-corrected chi connectivity index (χ0v) is 6.60. The first-order valence-electron chi connectivity index (χ1n) is 1.93. The Labute approximate surface area is 63.7 Å². The first-order valence-corrected chi connectivity index (χ1v) is 4.69. The number of rotatable bonds is 1. The SMILES string of the molecule is C[SH+]SC#N.F[B-](F)(F)F. The van der Waals surface area contributed by atoms with Gasteiger partial charge in [-0.15, -0.1) is 0 Å². The molecule has 0 aliphatic rings. The molecular weight excluding hydrogens is 189 g/mol. The number of nitriles is 1. The van der Waals surface area contributed by atoms with E-state index in [4.69, 9.17) is 5.26 Å². The average molecular weight is 193 g/mol. The first-order chi connectivity index (χ1) is 4.41. The maximum atomic E-state index is 9.75. The topological polar surface area (TPSA) is 23.8 Å². The van der Waals surface area contributed by atoms with Crippen LogP contribution in [0.1, 0.15) is 0 Å². The molecule has 0 amide bonds. The minimum absolute atomic E-state index is 1.09. The molecule has 0 heterocycles. The Morgan fingerprint density at radius 1 is 1.40 bits per heavy atom. The van der Waals surface area contributed by atoms with Crippen molar-refractivity contribution in [1.29, 1.82) is 5.26 Å². The Morgan fingerprint density at radius 2 is 1.70 bits per heavy atom. The van der Waals surface area contributed by atoms with Crippen LogP contribution in [-0.4, -0.2) is 13.5 Å². The summed E-state index contributed by atoms with van der Waals surface area (Å²) in [5, 5.41) is 9.69. The second kappa shape index (κ2) is 7.09. The number of thiol groups is 1. The van der Waals surface area contributed by atoms with Crippen LogP contribution in [-0.2, 0) is 10.8 Å². The molecule has 0 atom stereocenters. The Bertz CT molecular complexity index is 103. The molecule has 0 aromatic heterocycles. The van der Waals surface area contributed by atoms with Crippen LogP contribution in [0, 0.1) is 10.7 Å². The molecule has 10 heavy (non-hydrogen) atoms. The van der Waals surface area contributed by atoms with Gasteiger partial charge in [0.05, 0.1) is 10.8 Å². The normalized spacial score (nSPS) is 9.20. The van der Waals surface area contributed by atoms with E-state index < -0.39 is 7.25 Å². The van der Waals surface area contributed by atoms with Gasteiger partial charge in [-0.25, -0.2) is 0 Å². The first kappa shape index (κ1) is 12.6. The molecule has 0 unspecified atom stereocenters. The summed E-state index contributed by atoms with van der Waals surface area (Å²) in [5.41, 5.74) is 0. The van der Waals surface area contributed by atoms with Gasteiger partial charge >= 0.3 is 7.25 Å². The number of hydrogen-bond donors (Lipinski definition) is 0. The maximum absolute atomic E-state index is 9.75. The van der Waals surface area contributed by atoms with E-state index in [1.165, 1.54) is 10.8 Å². The lowest BCUT2D eigenvalue weighted by Crippen LogP contribution is -2.02. The van der Waals surface area contributed by atoms with Gasteiger partial charge in [-0.1, -0.05) is 0 Å². The third-order valence-electron chi connectivity index (χ3n) is 0.132. The van der Waals surface area contributed by atoms with Gasteiger partial charge in [0.1, 0.15) is 6.26 Å². The Kier molecular flexibility index (Phi) is 8.95. The van der Waals surface area contributed by atoms with Crippen LogP contribution in [0.15, 0.2) is 0 Å². The van der Waals surface area contributed by atoms with Gasteiger partial charge in [-0.2, -0.15) is 5.26 Å². The summed E-state index contributed by atoms with van der Waals surface area (Å²) in [6, 6.07) is 0. The third-order valence-corrected chi connectivity index (χ3v) is 1.19. The fraction of sp³-hybridized carbons (Fsp3) is 0.500. The van der Waals surface area contributed by atoms with Crippen molar-refractivity contribution in [2.75, 3.05) is 6.26 Å². The number of halogens is 4. The Hall–Kier alpha value is -0.0251. The highest BCUT2D eigenvalue weighted by atomic mass is 33.1. The van der Waals surface area contributed by atoms with Gasteiger partial charge in [-0.3, -0.25) is 0 Å². The molecule has 0 N–H and O–H groups in total. The van der Waals surface area contributed by atoms with E-state index in [1.54, 1.807) is 0 Å². The minimum atomic E-state index is -6.00. The van der Waals surface area contributed by atoms with E-state index in [0.29, 0.717) is 0 Å². The molecule has 60 valence electrons. The van der Waals surface area contributed by atoms with Gasteiger partial charge in [0.2, 0.25) is 10.8 Å². The third kappa shape index (κ3) is 99.5. The van der Waals surface area contributed by atoms with Gasteiger partial charge in [0, 0.05) is 0 Å². The summed E-state index contributed by atoms with van der Waals surface area (Å²) < 4.78 is 39.0. The van der Waals surface area contributed by atoms with Crippen molar-refractivity contribution in [3.05, 3.63) is 0 Å². The van der Waals surface area contributed by atoms with E-state index in [9.17, 15) is 17.3 Å². The smallest absolute Gasteiger partial charge is 0.418 e. The lowest BCUT2D eigenvalue weighted by atomic mass is 10.3. The summed E-state index contributed by atoms with van der Waals surface area (Å²) in [5.74, 6) is 0. The molecule has 0 fully saturated rings. The Morgan fingerprint density at radius 3 is 1.70 bits per heavy atom. The van der Waals surface area contributed by atoms with Crippen molar-refractivity contribution in [3.63, 3.8) is 0 Å². The number of nitrogens with zero attached hydrogens (tertiary/aromatic N) is 1. The highest BCUT2D eigenvalue weighted by molar-refractivity contribution is 8.68. The van der Waals surface area contributed by atoms with E-state index in [-0.39, 0.29) is 0 Å². The van der Waals surface area contributed by atoms with Crippen LogP contribution in [0.2, 0.25) is 0 Å². The quantitative estimate of drug-likeness (QED) is 0.158. The summed E-state index contributed by atoms with van der Waals surface area (Å²) >= 11 is 0. The van der Waals surface area contributed by atoms with Gasteiger partial charge in [0.25, 0.3) is 0 Å². The van der Waals surface area contributed by atoms with Crippen molar-refractivity contribution < 1.29 is 17.3 Å². The molecule has 0 aliphatic heterocycles. The average Bonchev–Trinajstić information content (AvgIpc) is 1.63. The van der Waals surface area contributed by atoms with Crippen LogP contribution in [0.25, 0.3) is 0 Å². The number of hydrogen-bond acceptors (Lipinski definition) is 2. The molecule has 0 rings (SSSR count). The van der Waals surface area contributed by atoms with Crippen LogP contribution >= 0.6 is 10.8 Å². The molecular formula is C2H4BF4NS2. The van der Waals surface area contributed by atoms with Crippen molar-refractivity contribution >= 4 is 28.8 Å². The second-order valence-corrected chi connectivity index (χ2v) is 3.23. The van der Waals surface area contributed by atoms with Crippen molar-refractivity contribution in [2.45, 2.75) is 0 Å². The molecule has 0 aromatic rings. The zero-order chi connectivity index (χ0) is 8.62. The predicted octanol–water partition coefficient (Wildman–Crippen LogP) is 1.86. The molecule has 1 nitrogen and oxygen atoms in total. The lowest BCUT2D eigenvalue weighted by molar-refractivity contribution is 0.368. The molecule has 0 spiro atoms. The van der Waals surface area contributed by atoms with Gasteiger partial charge < -0.3 is 17.3 Å². The molecule has 0 bridgehead atoms. The molecule has 0 saturated heterocycles. The molecule has 0 radical (unpaired) electrons. The van der Waals surface area contributed by atoms with Gasteiger partial charge in [0.15, 0.2) is 5.40 Å². The van der Waals surface area contributed by atoms with Gasteiger partial charge in [-0.05, 0) is 0 Å². The van der Waals surface area contributed by atoms with Crippen molar-refractivity contribution in [1.82, 2.24) is 0 Å². The lowest BCUT2D eigenvalue weighted by Gasteiger charge is -1.94. The largest absolute Gasteiger partial charge is 0.673 e. The molecule has 0 aromatic carbocycles. The van der Waals surface area contributed by atoms with E-state index in [2.05, 4.69) is 0 Å². The van der Waals surface area contributed by atoms with E-state index in [1.807, 2.05) is 11.7 Å².